The summed E-state index contributed by atoms with van der Waals surface area (Å²) in [4.78, 5) is 14.4. The maximum absolute atomic E-state index is 12.0. The number of nitrogens with zero attached hydrogens (tertiary/aromatic N) is 2. The molecular formula is C24H28BrN3O2. The molecule has 0 unspecified atom stereocenters. The van der Waals surface area contributed by atoms with Crippen molar-refractivity contribution in [1.82, 2.24) is 5.43 Å². The largest absolute Gasteiger partial charge is 0.484 e. The number of hydrazone groups is 1. The van der Waals surface area contributed by atoms with Crippen LogP contribution in [0.4, 0.5) is 5.69 Å². The molecule has 30 heavy (non-hydrogen) atoms. The third-order valence-electron chi connectivity index (χ3n) is 5.00. The summed E-state index contributed by atoms with van der Waals surface area (Å²) in [6.45, 7) is 10.9. The maximum atomic E-state index is 12.0. The molecule has 1 aliphatic rings. The fraction of sp³-hybridized carbons (Fsp3) is 0.333. The first kappa shape index (κ1) is 22.1. The van der Waals surface area contributed by atoms with Crippen molar-refractivity contribution in [2.75, 3.05) is 11.5 Å². The van der Waals surface area contributed by atoms with Gasteiger partial charge in [0.1, 0.15) is 5.75 Å². The van der Waals surface area contributed by atoms with Crippen LogP contribution in [0.2, 0.25) is 0 Å². The molecule has 0 saturated heterocycles. The van der Waals surface area contributed by atoms with Gasteiger partial charge >= 0.3 is 0 Å². The van der Waals surface area contributed by atoms with Gasteiger partial charge in [-0.1, -0.05) is 28.1 Å². The number of halogens is 1. The Hall–Kier alpha value is -2.60. The lowest BCUT2D eigenvalue weighted by atomic mass is 9.87. The van der Waals surface area contributed by atoms with E-state index >= 15 is 0 Å². The lowest BCUT2D eigenvalue weighted by Gasteiger charge is -2.46. The molecule has 0 fully saturated rings. The summed E-state index contributed by atoms with van der Waals surface area (Å²) in [5.41, 5.74) is 7.06. The molecule has 0 atom stereocenters. The van der Waals surface area contributed by atoms with Gasteiger partial charge in [-0.25, -0.2) is 5.43 Å². The number of benzene rings is 2. The summed E-state index contributed by atoms with van der Waals surface area (Å²) in [7, 11) is 0. The maximum Gasteiger partial charge on any atom is 0.277 e. The Morgan fingerprint density at radius 1 is 1.23 bits per heavy atom. The van der Waals surface area contributed by atoms with Gasteiger partial charge in [-0.15, -0.1) is 0 Å². The first-order chi connectivity index (χ1) is 14.2. The number of carbonyl (C=O) groups excluding carboxylic acids is 1. The number of hydrogen-bond donors (Lipinski definition) is 1. The summed E-state index contributed by atoms with van der Waals surface area (Å²) in [5.74, 6) is 0.322. The van der Waals surface area contributed by atoms with Crippen LogP contribution < -0.4 is 15.1 Å². The molecule has 5 nitrogen and oxygen atoms in total. The zero-order valence-electron chi connectivity index (χ0n) is 18.1. The second kappa shape index (κ2) is 9.04. The molecule has 0 radical (unpaired) electrons. The molecule has 1 amide bonds. The zero-order valence-corrected chi connectivity index (χ0v) is 19.7. The average molecular weight is 470 g/mol. The van der Waals surface area contributed by atoms with Gasteiger partial charge < -0.3 is 9.64 Å². The van der Waals surface area contributed by atoms with Gasteiger partial charge in [-0.2, -0.15) is 5.10 Å². The monoisotopic (exact) mass is 469 g/mol. The van der Waals surface area contributed by atoms with Gasteiger partial charge in [-0.3, -0.25) is 4.79 Å². The number of hydrogen-bond acceptors (Lipinski definition) is 4. The Labute approximate surface area is 186 Å². The highest BCUT2D eigenvalue weighted by Gasteiger charge is 2.32. The first-order valence-electron chi connectivity index (χ1n) is 10.0. The van der Waals surface area contributed by atoms with Crippen LogP contribution >= 0.6 is 15.9 Å². The van der Waals surface area contributed by atoms with Crippen molar-refractivity contribution in [2.45, 2.75) is 46.2 Å². The molecular weight excluding hydrogens is 442 g/mol. The quantitative estimate of drug-likeness (QED) is 0.455. The van der Waals surface area contributed by atoms with Crippen LogP contribution in [0.3, 0.4) is 0 Å². The minimum atomic E-state index is -0.309. The third kappa shape index (κ3) is 5.11. The molecule has 2 aromatic rings. The van der Waals surface area contributed by atoms with Crippen LogP contribution in [0.1, 0.15) is 45.7 Å². The van der Waals surface area contributed by atoms with Crippen LogP contribution in [0.25, 0.3) is 5.57 Å². The molecule has 1 aliphatic heterocycles. The van der Waals surface area contributed by atoms with E-state index in [4.69, 9.17) is 4.74 Å². The fourth-order valence-corrected chi connectivity index (χ4v) is 4.25. The topological polar surface area (TPSA) is 53.9 Å². The number of fused-ring (bicyclic) bond motifs is 1. The van der Waals surface area contributed by atoms with Crippen molar-refractivity contribution in [3.05, 3.63) is 64.1 Å². The zero-order chi connectivity index (χ0) is 21.9. The third-order valence-corrected chi connectivity index (χ3v) is 5.53. The first-order valence-corrected chi connectivity index (χ1v) is 10.8. The van der Waals surface area contributed by atoms with E-state index in [1.54, 1.807) is 18.3 Å². The van der Waals surface area contributed by atoms with Crippen molar-refractivity contribution in [3.63, 3.8) is 0 Å². The Balaban J connectivity index is 1.65. The summed E-state index contributed by atoms with van der Waals surface area (Å²) in [5, 5.41) is 4.08. The van der Waals surface area contributed by atoms with Gasteiger partial charge in [0.25, 0.3) is 5.91 Å². The second-order valence-electron chi connectivity index (χ2n) is 8.26. The Kier molecular flexibility index (Phi) is 6.66. The van der Waals surface area contributed by atoms with E-state index in [-0.39, 0.29) is 18.1 Å². The lowest BCUT2D eigenvalue weighted by molar-refractivity contribution is -0.123. The van der Waals surface area contributed by atoms with E-state index in [1.807, 2.05) is 18.2 Å². The summed E-state index contributed by atoms with van der Waals surface area (Å²) >= 11 is 3.36. The molecule has 3 rings (SSSR count). The van der Waals surface area contributed by atoms with Gasteiger partial charge in [0, 0.05) is 21.8 Å². The number of amides is 1. The standard InChI is InChI=1S/C24H28BrN3O2/c1-16(2)28-22-11-6-18(12-21(22)17(3)13-24(28,4)5)14-26-27-23(29)15-30-20-9-7-19(25)8-10-20/h6-14,16H,15H2,1-5H3,(H,27,29)/b26-14-. The Morgan fingerprint density at radius 2 is 1.93 bits per heavy atom. The molecule has 2 aromatic carbocycles. The molecule has 0 aliphatic carbocycles. The number of carbonyl (C=O) groups is 1. The summed E-state index contributed by atoms with van der Waals surface area (Å²) in [6, 6.07) is 14.0. The number of rotatable bonds is 6. The van der Waals surface area contributed by atoms with Gasteiger partial charge in [0.05, 0.1) is 11.8 Å². The van der Waals surface area contributed by atoms with Crippen LogP contribution in [0, 0.1) is 0 Å². The van der Waals surface area contributed by atoms with Crippen LogP contribution in [-0.4, -0.2) is 30.3 Å². The number of ether oxygens (including phenoxy) is 1. The van der Waals surface area contributed by atoms with Crippen LogP contribution in [0.5, 0.6) is 5.75 Å². The number of anilines is 1. The van der Waals surface area contributed by atoms with E-state index in [1.165, 1.54) is 16.8 Å². The van der Waals surface area contributed by atoms with Crippen molar-refractivity contribution >= 4 is 39.3 Å². The molecule has 0 spiro atoms. The SMILES string of the molecule is CC1=CC(C)(C)N(C(C)C)c2ccc(/C=N\NC(=O)COc3ccc(Br)cc3)cc21. The molecule has 158 valence electrons. The van der Waals surface area contributed by atoms with E-state index in [0.29, 0.717) is 11.8 Å². The highest BCUT2D eigenvalue weighted by atomic mass is 79.9. The van der Waals surface area contributed by atoms with Crippen molar-refractivity contribution in [3.8, 4) is 5.75 Å². The van der Waals surface area contributed by atoms with Crippen LogP contribution in [0.15, 0.2) is 58.1 Å². The van der Waals surface area contributed by atoms with E-state index < -0.39 is 0 Å². The second-order valence-corrected chi connectivity index (χ2v) is 9.17. The minimum absolute atomic E-state index is 0.0380. The fourth-order valence-electron chi connectivity index (χ4n) is 3.98. The lowest BCUT2D eigenvalue weighted by Crippen LogP contribution is -2.49. The predicted molar refractivity (Wildman–Crippen MR) is 127 cm³/mol. The van der Waals surface area contributed by atoms with Crippen molar-refractivity contribution in [1.29, 1.82) is 0 Å². The molecule has 1 heterocycles. The predicted octanol–water partition coefficient (Wildman–Crippen LogP) is 5.39. The number of allylic oxidation sites excluding steroid dienone is 1. The van der Waals surface area contributed by atoms with E-state index in [9.17, 15) is 4.79 Å². The Morgan fingerprint density at radius 3 is 2.60 bits per heavy atom. The molecule has 0 aromatic heterocycles. The smallest absolute Gasteiger partial charge is 0.277 e. The van der Waals surface area contributed by atoms with E-state index in [0.717, 1.165) is 10.0 Å². The van der Waals surface area contributed by atoms with Crippen LogP contribution in [-0.2, 0) is 4.79 Å². The highest BCUT2D eigenvalue weighted by molar-refractivity contribution is 9.10. The Bertz CT molecular complexity index is 978. The minimum Gasteiger partial charge on any atom is -0.484 e. The molecule has 1 N–H and O–H groups in total. The van der Waals surface area contributed by atoms with Gasteiger partial charge in [-0.05, 0) is 82.2 Å². The molecule has 6 heteroatoms. The average Bonchev–Trinajstić information content (AvgIpc) is 2.67. The van der Waals surface area contributed by atoms with E-state index in [2.05, 4.69) is 84.2 Å². The van der Waals surface area contributed by atoms with Gasteiger partial charge in [0.15, 0.2) is 6.61 Å². The molecule has 0 bridgehead atoms. The highest BCUT2D eigenvalue weighted by Crippen LogP contribution is 2.40. The van der Waals surface area contributed by atoms with Crippen molar-refractivity contribution < 1.29 is 9.53 Å². The van der Waals surface area contributed by atoms with Crippen molar-refractivity contribution in [2.24, 2.45) is 5.10 Å². The summed E-state index contributed by atoms with van der Waals surface area (Å²) in [6.07, 6.45) is 3.96. The number of nitrogens with one attached hydrogen (secondary N) is 1. The summed E-state index contributed by atoms with van der Waals surface area (Å²) < 4.78 is 6.41. The van der Waals surface area contributed by atoms with Gasteiger partial charge in [0.2, 0.25) is 0 Å². The normalized spacial score (nSPS) is 15.2. The molecule has 0 saturated carbocycles.